The molecule has 22 heavy (non-hydrogen) atoms. The second kappa shape index (κ2) is 9.23. The van der Waals surface area contributed by atoms with Crippen molar-refractivity contribution in [1.82, 2.24) is 10.6 Å². The lowest BCUT2D eigenvalue weighted by molar-refractivity contribution is -0.175. The van der Waals surface area contributed by atoms with Gasteiger partial charge in [-0.3, -0.25) is 9.59 Å². The molecule has 0 aromatic rings. The molecule has 3 N–H and O–H groups in total. The van der Waals surface area contributed by atoms with Crippen LogP contribution in [-0.2, 0) is 19.1 Å². The van der Waals surface area contributed by atoms with Gasteiger partial charge in [-0.1, -0.05) is 13.8 Å². The van der Waals surface area contributed by atoms with Crippen molar-refractivity contribution in [2.75, 3.05) is 19.8 Å². The number of ether oxygens (including phenoxy) is 1. The van der Waals surface area contributed by atoms with E-state index in [-0.39, 0.29) is 12.3 Å². The molecule has 0 unspecified atom stereocenters. The number of alkyl halides is 3. The van der Waals surface area contributed by atoms with Crippen molar-refractivity contribution in [1.29, 1.82) is 0 Å². The number of carboxylic acids is 1. The van der Waals surface area contributed by atoms with Gasteiger partial charge in [-0.05, 0) is 12.3 Å². The summed E-state index contributed by atoms with van der Waals surface area (Å²) in [5.41, 5.74) is 0. The number of aliphatic carboxylic acids is 1. The van der Waals surface area contributed by atoms with Crippen LogP contribution in [0.5, 0.6) is 0 Å². The monoisotopic (exact) mass is 328 g/mol. The van der Waals surface area contributed by atoms with Crippen molar-refractivity contribution in [2.24, 2.45) is 5.92 Å². The first-order valence-corrected chi connectivity index (χ1v) is 6.44. The van der Waals surface area contributed by atoms with Crippen molar-refractivity contribution in [3.8, 4) is 0 Å². The fourth-order valence-corrected chi connectivity index (χ4v) is 1.43. The van der Waals surface area contributed by atoms with Gasteiger partial charge in [-0.25, -0.2) is 4.79 Å². The quantitative estimate of drug-likeness (QED) is 0.564. The number of nitrogens with one attached hydrogen (secondary N) is 2. The number of hydrogen-bond donors (Lipinski definition) is 3. The second-order valence-corrected chi connectivity index (χ2v) is 4.97. The zero-order valence-electron chi connectivity index (χ0n) is 12.2. The van der Waals surface area contributed by atoms with Crippen LogP contribution in [-0.4, -0.2) is 54.9 Å². The van der Waals surface area contributed by atoms with E-state index in [1.165, 1.54) is 0 Å². The predicted molar refractivity (Wildman–Crippen MR) is 68.9 cm³/mol. The summed E-state index contributed by atoms with van der Waals surface area (Å²) in [6.45, 7) is 0.600. The highest BCUT2D eigenvalue weighted by Gasteiger charge is 2.27. The highest BCUT2D eigenvalue weighted by atomic mass is 19.4. The van der Waals surface area contributed by atoms with E-state index in [9.17, 15) is 27.6 Å². The van der Waals surface area contributed by atoms with Gasteiger partial charge in [-0.15, -0.1) is 0 Å². The Morgan fingerprint density at radius 3 is 2.23 bits per heavy atom. The van der Waals surface area contributed by atoms with Gasteiger partial charge in [0.15, 0.2) is 0 Å². The molecule has 0 spiro atoms. The normalized spacial score (nSPS) is 12.8. The molecule has 0 radical (unpaired) electrons. The molecule has 10 heteroatoms. The fourth-order valence-electron chi connectivity index (χ4n) is 1.43. The molecule has 0 aliphatic heterocycles. The van der Waals surface area contributed by atoms with Crippen LogP contribution in [0, 0.1) is 5.92 Å². The van der Waals surface area contributed by atoms with Crippen LogP contribution in [0.25, 0.3) is 0 Å². The molecule has 0 rings (SSSR count). The standard InChI is InChI=1S/C12H19F3N2O5/c1-7(2)3-8(11(20)21)17-9(18)4-16-10(19)5-22-6-12(13,14)15/h7-8H,3-6H2,1-2H3,(H,16,19)(H,17,18)(H,20,21)/t8-/m0/s1. The lowest BCUT2D eigenvalue weighted by Crippen LogP contribution is -2.46. The van der Waals surface area contributed by atoms with Crippen LogP contribution in [0.3, 0.4) is 0 Å². The summed E-state index contributed by atoms with van der Waals surface area (Å²) in [5.74, 6) is -2.83. The minimum absolute atomic E-state index is 0.0340. The molecule has 0 saturated carbocycles. The Hall–Kier alpha value is -1.84. The van der Waals surface area contributed by atoms with Gasteiger partial charge in [0.1, 0.15) is 19.3 Å². The fraction of sp³-hybridized carbons (Fsp3) is 0.750. The number of carbonyl (C=O) groups excluding carboxylic acids is 2. The number of halogens is 3. The molecule has 0 aromatic heterocycles. The number of rotatable bonds is 9. The van der Waals surface area contributed by atoms with E-state index >= 15 is 0 Å². The summed E-state index contributed by atoms with van der Waals surface area (Å²) < 4.78 is 39.4. The third kappa shape index (κ3) is 10.9. The van der Waals surface area contributed by atoms with Crippen LogP contribution in [0.4, 0.5) is 13.2 Å². The minimum Gasteiger partial charge on any atom is -0.480 e. The van der Waals surface area contributed by atoms with Crippen LogP contribution in [0.2, 0.25) is 0 Å². The summed E-state index contributed by atoms with van der Waals surface area (Å²) in [7, 11) is 0. The summed E-state index contributed by atoms with van der Waals surface area (Å²) in [5, 5.41) is 13.2. The van der Waals surface area contributed by atoms with Crippen LogP contribution in [0.1, 0.15) is 20.3 Å². The molecular formula is C12H19F3N2O5. The molecule has 0 aliphatic carbocycles. The molecule has 0 bridgehead atoms. The van der Waals surface area contributed by atoms with Crippen molar-refractivity contribution in [3.63, 3.8) is 0 Å². The van der Waals surface area contributed by atoms with Crippen molar-refractivity contribution in [3.05, 3.63) is 0 Å². The Morgan fingerprint density at radius 2 is 1.77 bits per heavy atom. The second-order valence-electron chi connectivity index (χ2n) is 4.97. The average molecular weight is 328 g/mol. The molecule has 128 valence electrons. The Labute approximate surface area is 125 Å². The maximum Gasteiger partial charge on any atom is 0.411 e. The summed E-state index contributed by atoms with van der Waals surface area (Å²) >= 11 is 0. The van der Waals surface area contributed by atoms with E-state index in [1.54, 1.807) is 13.8 Å². The number of carbonyl (C=O) groups is 3. The number of carboxylic acid groups (broad SMARTS) is 1. The molecule has 0 saturated heterocycles. The van der Waals surface area contributed by atoms with E-state index in [4.69, 9.17) is 5.11 Å². The molecule has 7 nitrogen and oxygen atoms in total. The Bertz CT molecular complexity index is 399. The highest BCUT2D eigenvalue weighted by molar-refractivity contribution is 5.88. The molecule has 0 fully saturated rings. The lowest BCUT2D eigenvalue weighted by atomic mass is 10.0. The molecule has 0 aliphatic rings. The van der Waals surface area contributed by atoms with Crippen molar-refractivity contribution in [2.45, 2.75) is 32.5 Å². The SMILES string of the molecule is CC(C)C[C@H](NC(=O)CNC(=O)COCC(F)(F)F)C(=O)O. The van der Waals surface area contributed by atoms with Gasteiger partial charge < -0.3 is 20.5 Å². The number of amides is 2. The smallest absolute Gasteiger partial charge is 0.411 e. The van der Waals surface area contributed by atoms with E-state index < -0.39 is 49.8 Å². The van der Waals surface area contributed by atoms with Gasteiger partial charge in [-0.2, -0.15) is 13.2 Å². The first-order valence-electron chi connectivity index (χ1n) is 6.44. The molecule has 2 amide bonds. The van der Waals surface area contributed by atoms with Crippen molar-refractivity contribution < 1.29 is 37.4 Å². The Balaban J connectivity index is 4.06. The summed E-state index contributed by atoms with van der Waals surface area (Å²) in [4.78, 5) is 33.5. The minimum atomic E-state index is -4.54. The highest BCUT2D eigenvalue weighted by Crippen LogP contribution is 2.13. The third-order valence-electron chi connectivity index (χ3n) is 2.29. The van der Waals surface area contributed by atoms with Gasteiger partial charge in [0.05, 0.1) is 6.54 Å². The van der Waals surface area contributed by atoms with Crippen LogP contribution < -0.4 is 10.6 Å². The Morgan fingerprint density at radius 1 is 1.18 bits per heavy atom. The zero-order chi connectivity index (χ0) is 17.3. The van der Waals surface area contributed by atoms with Crippen LogP contribution in [0.15, 0.2) is 0 Å². The topological polar surface area (TPSA) is 105 Å². The molecule has 1 atom stereocenters. The molecular weight excluding hydrogens is 309 g/mol. The average Bonchev–Trinajstić information content (AvgIpc) is 2.33. The lowest BCUT2D eigenvalue weighted by Gasteiger charge is -2.16. The zero-order valence-corrected chi connectivity index (χ0v) is 12.2. The number of hydrogen-bond acceptors (Lipinski definition) is 4. The summed E-state index contributed by atoms with van der Waals surface area (Å²) in [6, 6.07) is -1.09. The van der Waals surface area contributed by atoms with Crippen LogP contribution >= 0.6 is 0 Å². The third-order valence-corrected chi connectivity index (χ3v) is 2.29. The first-order chi connectivity index (χ1) is 10.0. The summed E-state index contributed by atoms with van der Waals surface area (Å²) in [6.07, 6.45) is -4.33. The van der Waals surface area contributed by atoms with Gasteiger partial charge >= 0.3 is 12.1 Å². The van der Waals surface area contributed by atoms with Gasteiger partial charge in [0.25, 0.3) is 0 Å². The van der Waals surface area contributed by atoms with E-state index in [1.807, 2.05) is 5.32 Å². The van der Waals surface area contributed by atoms with E-state index in [2.05, 4.69) is 10.1 Å². The van der Waals surface area contributed by atoms with Gasteiger partial charge in [0, 0.05) is 0 Å². The first kappa shape index (κ1) is 20.2. The molecule has 0 heterocycles. The maximum absolute atomic E-state index is 11.8. The maximum atomic E-state index is 11.8. The van der Waals surface area contributed by atoms with Crippen molar-refractivity contribution >= 4 is 17.8 Å². The molecule has 0 aromatic carbocycles. The van der Waals surface area contributed by atoms with Gasteiger partial charge in [0.2, 0.25) is 11.8 Å². The predicted octanol–water partition coefficient (Wildman–Crippen LogP) is 0.297. The Kier molecular flexibility index (Phi) is 8.46. The largest absolute Gasteiger partial charge is 0.480 e. The van der Waals surface area contributed by atoms with E-state index in [0.29, 0.717) is 0 Å². The van der Waals surface area contributed by atoms with E-state index in [0.717, 1.165) is 0 Å².